The summed E-state index contributed by atoms with van der Waals surface area (Å²) in [5.41, 5.74) is 1.60. The number of hydrogen-bond acceptors (Lipinski definition) is 4. The average Bonchev–Trinajstić information content (AvgIpc) is 2.60. The largest absolute Gasteiger partial charge is 0.375 e. The van der Waals surface area contributed by atoms with Crippen LogP contribution in [0.1, 0.15) is 22.8 Å². The van der Waals surface area contributed by atoms with Crippen molar-refractivity contribution >= 4 is 27.7 Å². The molecule has 1 aliphatic rings. The number of pyridine rings is 1. The van der Waals surface area contributed by atoms with Crippen LogP contribution in [-0.2, 0) is 11.3 Å². The van der Waals surface area contributed by atoms with E-state index in [0.29, 0.717) is 12.1 Å². The van der Waals surface area contributed by atoms with E-state index >= 15 is 0 Å². The summed E-state index contributed by atoms with van der Waals surface area (Å²) in [7, 11) is 0. The average molecular weight is 390 g/mol. The number of ether oxygens (including phenoxy) is 1. The zero-order valence-corrected chi connectivity index (χ0v) is 15.1. The molecule has 5 nitrogen and oxygen atoms in total. The fourth-order valence-electron chi connectivity index (χ4n) is 2.66. The van der Waals surface area contributed by atoms with Crippen molar-refractivity contribution in [3.05, 3.63) is 58.2 Å². The molecule has 0 spiro atoms. The molecule has 126 valence electrons. The SMILES string of the molecule is CC1CN(c2ccc(CNC(=O)c3ccccc3Br)cn2)CCO1. The number of hydrogen-bond donors (Lipinski definition) is 1. The van der Waals surface area contributed by atoms with Gasteiger partial charge in [0, 0.05) is 30.3 Å². The number of rotatable bonds is 4. The van der Waals surface area contributed by atoms with E-state index in [1.165, 1.54) is 0 Å². The van der Waals surface area contributed by atoms with E-state index in [-0.39, 0.29) is 12.0 Å². The topological polar surface area (TPSA) is 54.5 Å². The van der Waals surface area contributed by atoms with E-state index in [0.717, 1.165) is 35.6 Å². The minimum atomic E-state index is -0.103. The Hall–Kier alpha value is -1.92. The summed E-state index contributed by atoms with van der Waals surface area (Å²) in [6.45, 7) is 4.96. The minimum Gasteiger partial charge on any atom is -0.375 e. The summed E-state index contributed by atoms with van der Waals surface area (Å²) in [6.07, 6.45) is 2.04. The van der Waals surface area contributed by atoms with Gasteiger partial charge in [0.25, 0.3) is 5.91 Å². The standard InChI is InChI=1S/C18H20BrN3O2/c1-13-12-22(8-9-24-13)17-7-6-14(10-20-17)11-21-18(23)15-4-2-3-5-16(15)19/h2-7,10,13H,8-9,11-12H2,1H3,(H,21,23). The van der Waals surface area contributed by atoms with Crippen molar-refractivity contribution in [1.29, 1.82) is 0 Å². The van der Waals surface area contributed by atoms with Crippen molar-refractivity contribution in [2.75, 3.05) is 24.6 Å². The maximum atomic E-state index is 12.2. The third-order valence-corrected chi connectivity index (χ3v) is 4.64. The molecule has 0 aliphatic carbocycles. The van der Waals surface area contributed by atoms with Gasteiger partial charge in [0.1, 0.15) is 5.82 Å². The van der Waals surface area contributed by atoms with Gasteiger partial charge in [-0.05, 0) is 46.6 Å². The van der Waals surface area contributed by atoms with Crippen LogP contribution >= 0.6 is 15.9 Å². The monoisotopic (exact) mass is 389 g/mol. The lowest BCUT2D eigenvalue weighted by Gasteiger charge is -2.32. The highest BCUT2D eigenvalue weighted by Crippen LogP contribution is 2.17. The smallest absolute Gasteiger partial charge is 0.252 e. The molecule has 1 N–H and O–H groups in total. The van der Waals surface area contributed by atoms with E-state index in [2.05, 4.69) is 38.1 Å². The van der Waals surface area contributed by atoms with E-state index < -0.39 is 0 Å². The van der Waals surface area contributed by atoms with Crippen molar-refractivity contribution in [3.63, 3.8) is 0 Å². The highest BCUT2D eigenvalue weighted by atomic mass is 79.9. The van der Waals surface area contributed by atoms with Gasteiger partial charge in [-0.25, -0.2) is 4.98 Å². The maximum Gasteiger partial charge on any atom is 0.252 e. The number of carbonyl (C=O) groups is 1. The number of nitrogens with one attached hydrogen (secondary N) is 1. The van der Waals surface area contributed by atoms with E-state index in [1.54, 1.807) is 6.07 Å². The van der Waals surface area contributed by atoms with Crippen LogP contribution < -0.4 is 10.2 Å². The van der Waals surface area contributed by atoms with Gasteiger partial charge < -0.3 is 15.0 Å². The maximum absolute atomic E-state index is 12.2. The van der Waals surface area contributed by atoms with E-state index in [9.17, 15) is 4.79 Å². The van der Waals surface area contributed by atoms with Gasteiger partial charge >= 0.3 is 0 Å². The zero-order valence-electron chi connectivity index (χ0n) is 13.5. The zero-order chi connectivity index (χ0) is 16.9. The van der Waals surface area contributed by atoms with Gasteiger partial charge in [0.05, 0.1) is 18.3 Å². The molecular formula is C18H20BrN3O2. The molecule has 1 fully saturated rings. The molecule has 24 heavy (non-hydrogen) atoms. The second-order valence-corrected chi connectivity index (χ2v) is 6.67. The second kappa shape index (κ2) is 7.77. The van der Waals surface area contributed by atoms with Gasteiger partial charge in [-0.2, -0.15) is 0 Å². The van der Waals surface area contributed by atoms with Crippen LogP contribution in [0.15, 0.2) is 47.1 Å². The molecule has 1 amide bonds. The van der Waals surface area contributed by atoms with Crippen LogP contribution in [0.25, 0.3) is 0 Å². The Kier molecular flexibility index (Phi) is 5.48. The van der Waals surface area contributed by atoms with Crippen molar-refractivity contribution < 1.29 is 9.53 Å². The van der Waals surface area contributed by atoms with Crippen LogP contribution in [0.3, 0.4) is 0 Å². The number of carbonyl (C=O) groups excluding carboxylic acids is 1. The summed E-state index contributed by atoms with van der Waals surface area (Å²) in [5.74, 6) is 0.847. The second-order valence-electron chi connectivity index (χ2n) is 5.81. The fourth-order valence-corrected chi connectivity index (χ4v) is 3.12. The number of aromatic nitrogens is 1. The van der Waals surface area contributed by atoms with Crippen molar-refractivity contribution in [2.24, 2.45) is 0 Å². The Labute approximate surface area is 150 Å². The van der Waals surface area contributed by atoms with Gasteiger partial charge in [0.15, 0.2) is 0 Å². The molecule has 3 rings (SSSR count). The van der Waals surface area contributed by atoms with Crippen LogP contribution in [0.2, 0.25) is 0 Å². The number of amides is 1. The predicted molar refractivity (Wildman–Crippen MR) is 97.2 cm³/mol. The fraction of sp³-hybridized carbons (Fsp3) is 0.333. The molecule has 1 unspecified atom stereocenters. The minimum absolute atomic E-state index is 0.103. The van der Waals surface area contributed by atoms with Gasteiger partial charge in [0.2, 0.25) is 0 Å². The Morgan fingerprint density at radius 3 is 2.92 bits per heavy atom. The van der Waals surface area contributed by atoms with Gasteiger partial charge in [-0.3, -0.25) is 4.79 Å². The van der Waals surface area contributed by atoms with Crippen molar-refractivity contribution in [2.45, 2.75) is 19.6 Å². The molecule has 1 aliphatic heterocycles. The first-order chi connectivity index (χ1) is 11.6. The first-order valence-corrected chi connectivity index (χ1v) is 8.77. The molecule has 0 radical (unpaired) electrons. The molecule has 0 saturated carbocycles. The van der Waals surface area contributed by atoms with Gasteiger partial charge in [-0.15, -0.1) is 0 Å². The Morgan fingerprint density at radius 1 is 1.38 bits per heavy atom. The molecule has 6 heteroatoms. The number of anilines is 1. The number of benzene rings is 1. The van der Waals surface area contributed by atoms with Crippen molar-refractivity contribution in [1.82, 2.24) is 10.3 Å². The predicted octanol–water partition coefficient (Wildman–Crippen LogP) is 3.00. The lowest BCUT2D eigenvalue weighted by molar-refractivity contribution is 0.0529. The van der Waals surface area contributed by atoms with Crippen LogP contribution in [0.5, 0.6) is 0 Å². The number of morpholine rings is 1. The van der Waals surface area contributed by atoms with Crippen LogP contribution in [0.4, 0.5) is 5.82 Å². The van der Waals surface area contributed by atoms with E-state index in [1.807, 2.05) is 36.5 Å². The van der Waals surface area contributed by atoms with Crippen LogP contribution in [0, 0.1) is 0 Å². The summed E-state index contributed by atoms with van der Waals surface area (Å²) in [6, 6.07) is 11.4. The first-order valence-electron chi connectivity index (χ1n) is 7.97. The number of nitrogens with zero attached hydrogens (tertiary/aromatic N) is 2. The molecule has 1 atom stereocenters. The Balaban J connectivity index is 1.58. The van der Waals surface area contributed by atoms with Crippen molar-refractivity contribution in [3.8, 4) is 0 Å². The quantitative estimate of drug-likeness (QED) is 0.872. The normalized spacial score (nSPS) is 17.6. The summed E-state index contributed by atoms with van der Waals surface area (Å²) in [5, 5.41) is 2.92. The summed E-state index contributed by atoms with van der Waals surface area (Å²) in [4.78, 5) is 18.9. The third kappa shape index (κ3) is 4.13. The van der Waals surface area contributed by atoms with E-state index in [4.69, 9.17) is 4.74 Å². The third-order valence-electron chi connectivity index (χ3n) is 3.95. The summed E-state index contributed by atoms with van der Waals surface area (Å²) >= 11 is 3.39. The lowest BCUT2D eigenvalue weighted by atomic mass is 10.2. The molecule has 0 bridgehead atoms. The molecule has 1 saturated heterocycles. The summed E-state index contributed by atoms with van der Waals surface area (Å²) < 4.78 is 6.34. The molecule has 1 aromatic carbocycles. The molecule has 1 aromatic heterocycles. The highest BCUT2D eigenvalue weighted by molar-refractivity contribution is 9.10. The Morgan fingerprint density at radius 2 is 2.21 bits per heavy atom. The van der Waals surface area contributed by atoms with Gasteiger partial charge in [-0.1, -0.05) is 18.2 Å². The highest BCUT2D eigenvalue weighted by Gasteiger charge is 2.17. The first kappa shape index (κ1) is 16.9. The molecular weight excluding hydrogens is 370 g/mol. The Bertz CT molecular complexity index is 706. The molecule has 2 heterocycles. The lowest BCUT2D eigenvalue weighted by Crippen LogP contribution is -2.41. The number of halogens is 1. The molecule has 2 aromatic rings. The van der Waals surface area contributed by atoms with Crippen LogP contribution in [-0.4, -0.2) is 36.7 Å².